The highest BCUT2D eigenvalue weighted by atomic mass is 35.5. The number of methoxy groups -OCH3 is 1. The number of halogens is 2. The van der Waals surface area contributed by atoms with E-state index in [0.29, 0.717) is 36.5 Å². The van der Waals surface area contributed by atoms with E-state index in [-0.39, 0.29) is 29.3 Å². The van der Waals surface area contributed by atoms with Gasteiger partial charge in [-0.3, -0.25) is 0 Å². The first-order valence-corrected chi connectivity index (χ1v) is 11.1. The zero-order valence-electron chi connectivity index (χ0n) is 19.8. The lowest BCUT2D eigenvalue weighted by Crippen LogP contribution is -2.55. The molecule has 1 aliphatic rings. The number of allylic oxidation sites excluding steroid dienone is 2. The summed E-state index contributed by atoms with van der Waals surface area (Å²) in [6, 6.07) is 4.14. The summed E-state index contributed by atoms with van der Waals surface area (Å²) in [6.07, 6.45) is 1.57. The zero-order valence-corrected chi connectivity index (χ0v) is 20.6. The van der Waals surface area contributed by atoms with Crippen LogP contribution in [0.3, 0.4) is 0 Å². The molecular weight excluding hydrogens is 449 g/mol. The molecule has 1 amide bonds. The number of carbonyl (C=O) groups excluding carboxylic acids is 1. The van der Waals surface area contributed by atoms with E-state index in [9.17, 15) is 14.3 Å². The number of likely N-dealkylation sites (tertiary alicyclic amines) is 1. The molecule has 0 saturated carbocycles. The second-order valence-corrected chi connectivity index (χ2v) is 9.49. The van der Waals surface area contributed by atoms with Gasteiger partial charge < -0.3 is 25.2 Å². The first-order valence-electron chi connectivity index (χ1n) is 10.7. The quantitative estimate of drug-likeness (QED) is 0.426. The molecule has 1 fully saturated rings. The molecular formula is C24H33ClFN3O4. The highest BCUT2D eigenvalue weighted by molar-refractivity contribution is 6.31. The SMILES string of the molecule is C=C(OC)C(=NC(=CC)C(O)(CN)CC1CN(C(=O)OC(C)(C)C)C1)c1ccc(F)c(Cl)c1. The summed E-state index contributed by atoms with van der Waals surface area (Å²) in [7, 11) is 1.44. The lowest BCUT2D eigenvalue weighted by molar-refractivity contribution is -0.0210. The number of rotatable bonds is 8. The van der Waals surface area contributed by atoms with Crippen LogP contribution in [0.15, 0.2) is 47.3 Å². The smallest absolute Gasteiger partial charge is 0.410 e. The van der Waals surface area contributed by atoms with E-state index in [4.69, 9.17) is 26.8 Å². The fourth-order valence-electron chi connectivity index (χ4n) is 3.53. The van der Waals surface area contributed by atoms with E-state index in [1.807, 2.05) is 20.8 Å². The Bertz CT molecular complexity index is 952. The number of hydrogen-bond acceptors (Lipinski definition) is 6. The summed E-state index contributed by atoms with van der Waals surface area (Å²) < 4.78 is 24.3. The fourth-order valence-corrected chi connectivity index (χ4v) is 3.71. The second-order valence-electron chi connectivity index (χ2n) is 9.08. The molecule has 1 aromatic carbocycles. The summed E-state index contributed by atoms with van der Waals surface area (Å²) in [5.74, 6) is -0.325. The lowest BCUT2D eigenvalue weighted by Gasteiger charge is -2.43. The molecule has 3 N–H and O–H groups in total. The number of ether oxygens (including phenoxy) is 2. The van der Waals surface area contributed by atoms with Crippen molar-refractivity contribution in [3.63, 3.8) is 0 Å². The maximum absolute atomic E-state index is 13.7. The van der Waals surface area contributed by atoms with Crippen molar-refractivity contribution in [2.24, 2.45) is 16.6 Å². The fraction of sp³-hybridized carbons (Fsp3) is 0.500. The van der Waals surface area contributed by atoms with Crippen molar-refractivity contribution in [2.75, 3.05) is 26.7 Å². The molecule has 0 bridgehead atoms. The zero-order chi connectivity index (χ0) is 25.0. The van der Waals surface area contributed by atoms with Crippen LogP contribution in [0.5, 0.6) is 0 Å². The van der Waals surface area contributed by atoms with Crippen LogP contribution in [0.25, 0.3) is 0 Å². The van der Waals surface area contributed by atoms with Gasteiger partial charge in [-0.05, 0) is 58.2 Å². The molecule has 1 atom stereocenters. The van der Waals surface area contributed by atoms with Gasteiger partial charge in [-0.15, -0.1) is 0 Å². The minimum atomic E-state index is -1.46. The van der Waals surface area contributed by atoms with E-state index < -0.39 is 17.0 Å². The number of carbonyl (C=O) groups is 1. The molecule has 0 aromatic heterocycles. The molecule has 1 heterocycles. The summed E-state index contributed by atoms with van der Waals surface area (Å²) in [5.41, 5.74) is 5.02. The van der Waals surface area contributed by atoms with Crippen LogP contribution in [0.4, 0.5) is 9.18 Å². The maximum atomic E-state index is 13.7. The van der Waals surface area contributed by atoms with Crippen LogP contribution in [-0.4, -0.2) is 59.8 Å². The van der Waals surface area contributed by atoms with Gasteiger partial charge in [0.05, 0.1) is 17.8 Å². The van der Waals surface area contributed by atoms with Gasteiger partial charge in [0.25, 0.3) is 0 Å². The average molecular weight is 482 g/mol. The molecule has 0 spiro atoms. The first kappa shape index (κ1) is 26.8. The Morgan fingerprint density at radius 1 is 1.42 bits per heavy atom. The molecule has 0 radical (unpaired) electrons. The number of hydrogen-bond donors (Lipinski definition) is 2. The standard InChI is InChI=1S/C24H33ClFN3O4/c1-7-20(28-21(15(2)32-6)17-8-9-19(26)18(25)10-17)24(31,14-27)11-16-12-29(13-16)22(30)33-23(3,4)5/h7-10,16,31H,2,11-14,27H2,1,3-6H3. The third kappa shape index (κ3) is 6.79. The molecule has 1 aliphatic heterocycles. The Kier molecular flexibility index (Phi) is 8.68. The Morgan fingerprint density at radius 3 is 2.55 bits per heavy atom. The molecule has 7 nitrogen and oxygen atoms in total. The Hall–Kier alpha value is -2.42. The van der Waals surface area contributed by atoms with Crippen molar-refractivity contribution < 1.29 is 23.8 Å². The van der Waals surface area contributed by atoms with Gasteiger partial charge in [-0.1, -0.05) is 24.3 Å². The topological polar surface area (TPSA) is 97.4 Å². The van der Waals surface area contributed by atoms with Gasteiger partial charge in [0.2, 0.25) is 0 Å². The van der Waals surface area contributed by atoms with Gasteiger partial charge >= 0.3 is 6.09 Å². The third-order valence-corrected chi connectivity index (χ3v) is 5.55. The normalized spacial score (nSPS) is 17.3. The van der Waals surface area contributed by atoms with Crippen LogP contribution >= 0.6 is 11.6 Å². The van der Waals surface area contributed by atoms with E-state index in [2.05, 4.69) is 11.6 Å². The summed E-state index contributed by atoms with van der Waals surface area (Å²) in [4.78, 5) is 18.4. The van der Waals surface area contributed by atoms with Crippen LogP contribution in [-0.2, 0) is 9.47 Å². The van der Waals surface area contributed by atoms with Crippen molar-refractivity contribution in [3.05, 3.63) is 58.7 Å². The monoisotopic (exact) mass is 481 g/mol. The summed E-state index contributed by atoms with van der Waals surface area (Å²) in [5, 5.41) is 11.3. The summed E-state index contributed by atoms with van der Waals surface area (Å²) >= 11 is 5.94. The highest BCUT2D eigenvalue weighted by Gasteiger charge is 2.41. The van der Waals surface area contributed by atoms with Crippen LogP contribution < -0.4 is 5.73 Å². The number of amides is 1. The largest absolute Gasteiger partial charge is 0.495 e. The summed E-state index contributed by atoms with van der Waals surface area (Å²) in [6.45, 7) is 11.8. The lowest BCUT2D eigenvalue weighted by atomic mass is 9.83. The Balaban J connectivity index is 2.24. The van der Waals surface area contributed by atoms with Crippen LogP contribution in [0.2, 0.25) is 5.02 Å². The molecule has 1 unspecified atom stereocenters. The minimum Gasteiger partial charge on any atom is -0.495 e. The minimum absolute atomic E-state index is 0.0190. The molecule has 1 aromatic rings. The van der Waals surface area contributed by atoms with E-state index in [0.717, 1.165) is 0 Å². The number of aliphatic imine (C=N–C) groups is 1. The van der Waals surface area contributed by atoms with Gasteiger partial charge in [0.15, 0.2) is 0 Å². The maximum Gasteiger partial charge on any atom is 0.410 e. The number of aliphatic hydroxyl groups is 1. The molecule has 2 rings (SSSR count). The molecule has 33 heavy (non-hydrogen) atoms. The molecule has 1 saturated heterocycles. The van der Waals surface area contributed by atoms with E-state index >= 15 is 0 Å². The first-order chi connectivity index (χ1) is 15.3. The molecule has 9 heteroatoms. The Morgan fingerprint density at radius 2 is 2.06 bits per heavy atom. The van der Waals surface area contributed by atoms with Gasteiger partial charge in [-0.2, -0.15) is 0 Å². The van der Waals surface area contributed by atoms with E-state index in [1.165, 1.54) is 25.3 Å². The van der Waals surface area contributed by atoms with Crippen molar-refractivity contribution >= 4 is 23.4 Å². The Labute approximate surface area is 199 Å². The van der Waals surface area contributed by atoms with Gasteiger partial charge in [0.1, 0.15) is 28.5 Å². The van der Waals surface area contributed by atoms with Gasteiger partial charge in [-0.25, -0.2) is 14.2 Å². The van der Waals surface area contributed by atoms with Crippen molar-refractivity contribution in [3.8, 4) is 0 Å². The van der Waals surface area contributed by atoms with E-state index in [1.54, 1.807) is 17.9 Å². The van der Waals surface area contributed by atoms with Crippen LogP contribution in [0, 0.1) is 11.7 Å². The van der Waals surface area contributed by atoms with Gasteiger partial charge in [0, 0.05) is 25.2 Å². The highest BCUT2D eigenvalue weighted by Crippen LogP contribution is 2.32. The molecule has 182 valence electrons. The average Bonchev–Trinajstić information content (AvgIpc) is 2.71. The van der Waals surface area contributed by atoms with Crippen molar-refractivity contribution in [1.29, 1.82) is 0 Å². The number of benzene rings is 1. The predicted octanol–water partition coefficient (Wildman–Crippen LogP) is 4.28. The number of nitrogens with zero attached hydrogens (tertiary/aromatic N) is 2. The number of nitrogens with two attached hydrogens (primary N) is 1. The van der Waals surface area contributed by atoms with Crippen LogP contribution in [0.1, 0.15) is 39.7 Å². The predicted molar refractivity (Wildman–Crippen MR) is 128 cm³/mol. The third-order valence-electron chi connectivity index (χ3n) is 5.26. The second kappa shape index (κ2) is 10.7. The van der Waals surface area contributed by atoms with Crippen molar-refractivity contribution in [1.82, 2.24) is 4.90 Å². The molecule has 0 aliphatic carbocycles. The van der Waals surface area contributed by atoms with Crippen molar-refractivity contribution in [2.45, 2.75) is 45.3 Å².